The van der Waals surface area contributed by atoms with Crippen LogP contribution in [0.1, 0.15) is 30.1 Å². The van der Waals surface area contributed by atoms with Gasteiger partial charge >= 0.3 is 0 Å². The molecule has 0 saturated carbocycles. The van der Waals surface area contributed by atoms with E-state index in [2.05, 4.69) is 17.3 Å². The molecular weight excluding hydrogens is 204 g/mol. The number of anilines is 1. The molecule has 0 aliphatic carbocycles. The first-order chi connectivity index (χ1) is 7.70. The van der Waals surface area contributed by atoms with Crippen molar-refractivity contribution in [3.05, 3.63) is 24.0 Å². The molecule has 16 heavy (non-hydrogen) atoms. The topological polar surface area (TPSA) is 71.2 Å². The fraction of sp³-hybridized carbons (Fsp3) is 0.455. The van der Waals surface area contributed by atoms with E-state index in [9.17, 15) is 4.79 Å². The smallest absolute Gasteiger partial charge is 0.257 e. The predicted octanol–water partition coefficient (Wildman–Crippen LogP) is 1.24. The Balaban J connectivity index is 2.79. The van der Waals surface area contributed by atoms with E-state index in [4.69, 9.17) is 5.84 Å². The largest absolute Gasteiger partial charge is 0.342 e. The average Bonchev–Trinajstić information content (AvgIpc) is 2.34. The summed E-state index contributed by atoms with van der Waals surface area (Å²) in [6, 6.07) is 1.68. The van der Waals surface area contributed by atoms with Gasteiger partial charge in [0.25, 0.3) is 5.91 Å². The number of hydrogen-bond acceptors (Lipinski definition) is 4. The van der Waals surface area contributed by atoms with Gasteiger partial charge in [-0.1, -0.05) is 13.3 Å². The van der Waals surface area contributed by atoms with E-state index < -0.39 is 0 Å². The Morgan fingerprint density at radius 1 is 1.62 bits per heavy atom. The molecule has 0 radical (unpaired) electrons. The highest BCUT2D eigenvalue weighted by molar-refractivity contribution is 5.99. The number of rotatable bonds is 5. The highest BCUT2D eigenvalue weighted by Crippen LogP contribution is 2.14. The highest BCUT2D eigenvalue weighted by Gasteiger charge is 2.14. The summed E-state index contributed by atoms with van der Waals surface area (Å²) >= 11 is 0. The maximum Gasteiger partial charge on any atom is 0.257 e. The summed E-state index contributed by atoms with van der Waals surface area (Å²) in [6.45, 7) is 2.84. The zero-order chi connectivity index (χ0) is 12.0. The number of nitrogens with two attached hydrogens (primary N) is 1. The summed E-state index contributed by atoms with van der Waals surface area (Å²) in [5, 5.41) is 0. The molecule has 0 fully saturated rings. The van der Waals surface area contributed by atoms with Gasteiger partial charge in [0.05, 0.1) is 11.3 Å². The van der Waals surface area contributed by atoms with Gasteiger partial charge in [-0.25, -0.2) is 0 Å². The molecule has 1 aromatic rings. The standard InChI is InChI=1S/C11H18N4O/c1-3-4-7-15(2)11(16)9-8-13-6-5-10(9)14-12/h5-6,8H,3-4,7,12H2,1-2H3,(H,13,14). The quantitative estimate of drug-likeness (QED) is 0.581. The van der Waals surface area contributed by atoms with Crippen molar-refractivity contribution in [1.82, 2.24) is 9.88 Å². The molecule has 88 valence electrons. The minimum absolute atomic E-state index is 0.0606. The van der Waals surface area contributed by atoms with Crippen LogP contribution in [-0.2, 0) is 0 Å². The lowest BCUT2D eigenvalue weighted by Crippen LogP contribution is -2.29. The monoisotopic (exact) mass is 222 g/mol. The number of hydrazine groups is 1. The molecule has 5 nitrogen and oxygen atoms in total. The number of carbonyl (C=O) groups is 1. The molecule has 0 unspecified atom stereocenters. The van der Waals surface area contributed by atoms with Crippen LogP contribution >= 0.6 is 0 Å². The van der Waals surface area contributed by atoms with Crippen LogP contribution in [-0.4, -0.2) is 29.4 Å². The molecule has 0 aromatic carbocycles. The van der Waals surface area contributed by atoms with Crippen molar-refractivity contribution in [3.63, 3.8) is 0 Å². The second kappa shape index (κ2) is 6.07. The molecule has 0 saturated heterocycles. The van der Waals surface area contributed by atoms with Gasteiger partial charge < -0.3 is 10.3 Å². The van der Waals surface area contributed by atoms with Crippen LogP contribution in [0.2, 0.25) is 0 Å². The molecule has 0 aliphatic heterocycles. The number of nitrogen functional groups attached to an aromatic ring is 1. The van der Waals surface area contributed by atoms with Gasteiger partial charge in [-0.05, 0) is 12.5 Å². The van der Waals surface area contributed by atoms with Crippen molar-refractivity contribution in [1.29, 1.82) is 0 Å². The lowest BCUT2D eigenvalue weighted by molar-refractivity contribution is 0.0794. The number of nitrogens with zero attached hydrogens (tertiary/aromatic N) is 2. The second-order valence-corrected chi connectivity index (χ2v) is 3.65. The first-order valence-corrected chi connectivity index (χ1v) is 5.36. The van der Waals surface area contributed by atoms with Gasteiger partial charge in [-0.3, -0.25) is 15.6 Å². The third-order valence-electron chi connectivity index (χ3n) is 2.40. The summed E-state index contributed by atoms with van der Waals surface area (Å²) in [5.41, 5.74) is 3.60. The summed E-state index contributed by atoms with van der Waals surface area (Å²) in [4.78, 5) is 17.6. The third-order valence-corrected chi connectivity index (χ3v) is 2.40. The van der Waals surface area contributed by atoms with Crippen LogP contribution in [0.5, 0.6) is 0 Å². The highest BCUT2D eigenvalue weighted by atomic mass is 16.2. The van der Waals surface area contributed by atoms with Crippen LogP contribution in [0, 0.1) is 0 Å². The van der Waals surface area contributed by atoms with Crippen molar-refractivity contribution in [2.75, 3.05) is 19.0 Å². The zero-order valence-corrected chi connectivity index (χ0v) is 9.73. The Labute approximate surface area is 95.6 Å². The van der Waals surface area contributed by atoms with E-state index in [0.29, 0.717) is 11.3 Å². The third kappa shape index (κ3) is 2.93. The maximum absolute atomic E-state index is 12.0. The number of pyridine rings is 1. The number of amides is 1. The maximum atomic E-state index is 12.0. The lowest BCUT2D eigenvalue weighted by Gasteiger charge is -2.18. The average molecular weight is 222 g/mol. The number of nitrogens with one attached hydrogen (secondary N) is 1. The van der Waals surface area contributed by atoms with Crippen LogP contribution < -0.4 is 11.3 Å². The van der Waals surface area contributed by atoms with Crippen molar-refractivity contribution in [2.45, 2.75) is 19.8 Å². The fourth-order valence-electron chi connectivity index (χ4n) is 1.39. The molecule has 3 N–H and O–H groups in total. The summed E-state index contributed by atoms with van der Waals surface area (Å²) in [5.74, 6) is 5.28. The van der Waals surface area contributed by atoms with Gasteiger partial charge in [-0.15, -0.1) is 0 Å². The Morgan fingerprint density at radius 3 is 3.00 bits per heavy atom. The van der Waals surface area contributed by atoms with Gasteiger partial charge in [0.1, 0.15) is 0 Å². The van der Waals surface area contributed by atoms with Gasteiger partial charge in [0.2, 0.25) is 0 Å². The predicted molar refractivity (Wildman–Crippen MR) is 63.9 cm³/mol. The summed E-state index contributed by atoms with van der Waals surface area (Å²) in [6.07, 6.45) is 5.18. The van der Waals surface area contributed by atoms with Crippen molar-refractivity contribution < 1.29 is 4.79 Å². The normalized spacial score (nSPS) is 9.94. The van der Waals surface area contributed by atoms with E-state index >= 15 is 0 Å². The molecule has 5 heteroatoms. The van der Waals surface area contributed by atoms with Gasteiger partial charge in [0.15, 0.2) is 0 Å². The van der Waals surface area contributed by atoms with Crippen molar-refractivity contribution >= 4 is 11.6 Å². The van der Waals surface area contributed by atoms with E-state index in [1.807, 2.05) is 0 Å². The minimum Gasteiger partial charge on any atom is -0.342 e. The Morgan fingerprint density at radius 2 is 2.38 bits per heavy atom. The molecule has 0 spiro atoms. The SMILES string of the molecule is CCCCN(C)C(=O)c1cnccc1NN. The van der Waals surface area contributed by atoms with Crippen molar-refractivity contribution in [3.8, 4) is 0 Å². The number of unbranched alkanes of at least 4 members (excludes halogenated alkanes) is 1. The summed E-state index contributed by atoms with van der Waals surface area (Å²) < 4.78 is 0. The van der Waals surface area contributed by atoms with E-state index in [-0.39, 0.29) is 5.91 Å². The van der Waals surface area contributed by atoms with Crippen LogP contribution in [0.3, 0.4) is 0 Å². The minimum atomic E-state index is -0.0606. The number of carbonyl (C=O) groups excluding carboxylic acids is 1. The Bertz CT molecular complexity index is 354. The first-order valence-electron chi connectivity index (χ1n) is 5.36. The lowest BCUT2D eigenvalue weighted by atomic mass is 10.2. The first kappa shape index (κ1) is 12.4. The van der Waals surface area contributed by atoms with E-state index in [1.54, 1.807) is 24.2 Å². The Hall–Kier alpha value is -1.62. The number of hydrogen-bond donors (Lipinski definition) is 2. The van der Waals surface area contributed by atoms with E-state index in [1.165, 1.54) is 6.20 Å². The van der Waals surface area contributed by atoms with Gasteiger partial charge in [0, 0.05) is 26.0 Å². The van der Waals surface area contributed by atoms with E-state index in [0.717, 1.165) is 19.4 Å². The molecule has 1 amide bonds. The van der Waals surface area contributed by atoms with Crippen LogP contribution in [0.4, 0.5) is 5.69 Å². The summed E-state index contributed by atoms with van der Waals surface area (Å²) in [7, 11) is 1.78. The molecule has 0 aliphatic rings. The molecule has 0 atom stereocenters. The Kier molecular flexibility index (Phi) is 4.72. The zero-order valence-electron chi connectivity index (χ0n) is 9.73. The molecule has 1 rings (SSSR count). The molecule has 1 aromatic heterocycles. The molecule has 0 bridgehead atoms. The van der Waals surface area contributed by atoms with Crippen molar-refractivity contribution in [2.24, 2.45) is 5.84 Å². The van der Waals surface area contributed by atoms with Crippen LogP contribution in [0.25, 0.3) is 0 Å². The number of aromatic nitrogens is 1. The van der Waals surface area contributed by atoms with Crippen LogP contribution in [0.15, 0.2) is 18.5 Å². The van der Waals surface area contributed by atoms with Gasteiger partial charge in [-0.2, -0.15) is 0 Å². The fourth-order valence-corrected chi connectivity index (χ4v) is 1.39. The second-order valence-electron chi connectivity index (χ2n) is 3.65. The molecule has 1 heterocycles. The molecular formula is C11H18N4O.